The molecule has 0 aliphatic heterocycles. The van der Waals surface area contributed by atoms with Crippen LogP contribution in [0.5, 0.6) is 0 Å². The molecule has 0 amide bonds. The Morgan fingerprint density at radius 1 is 0.271 bits per heavy atom. The minimum atomic E-state index is -2.86. The number of hydrogen-bond donors (Lipinski definition) is 0. The molecule has 0 N–H and O–H groups in total. The zero-order valence-electron chi connectivity index (χ0n) is 38.2. The summed E-state index contributed by atoms with van der Waals surface area (Å²) in [5.74, 6) is 0. The van der Waals surface area contributed by atoms with E-state index in [9.17, 15) is 0 Å². The maximum Gasteiger partial charge on any atom is 0.179 e. The topological polar surface area (TPSA) is 23.0 Å². The van der Waals surface area contributed by atoms with Crippen molar-refractivity contribution in [1.82, 2.24) is 9.13 Å². The van der Waals surface area contributed by atoms with Crippen LogP contribution in [0.4, 0.5) is 0 Å². The monoisotopic (exact) mass is 908 g/mol. The van der Waals surface area contributed by atoms with E-state index in [2.05, 4.69) is 270 Å². The summed E-state index contributed by atoms with van der Waals surface area (Å²) in [6.45, 7) is 0. The second-order valence-electron chi connectivity index (χ2n) is 18.4. The van der Waals surface area contributed by atoms with Crippen LogP contribution in [0.1, 0.15) is 0 Å². The minimum absolute atomic E-state index is 0.900. The van der Waals surface area contributed by atoms with Gasteiger partial charge in [0.1, 0.15) is 11.2 Å². The van der Waals surface area contributed by atoms with Gasteiger partial charge in [-0.15, -0.1) is 0 Å². The normalized spacial score (nSPS) is 12.0. The average molecular weight is 909 g/mol. The minimum Gasteiger partial charge on any atom is -0.455 e. The molecule has 11 aromatic carbocycles. The van der Waals surface area contributed by atoms with Gasteiger partial charge < -0.3 is 13.6 Å². The summed E-state index contributed by atoms with van der Waals surface area (Å²) in [5, 5.41) is 12.5. The van der Waals surface area contributed by atoms with Crippen LogP contribution >= 0.6 is 0 Å². The van der Waals surface area contributed by atoms with Crippen molar-refractivity contribution in [3.8, 4) is 33.6 Å². The van der Waals surface area contributed by atoms with Crippen LogP contribution in [-0.4, -0.2) is 17.2 Å². The van der Waals surface area contributed by atoms with Gasteiger partial charge in [-0.05, 0) is 98.1 Å². The Bertz CT molecular complexity index is 4190. The molecule has 0 aliphatic rings. The molecule has 0 saturated carbocycles. The number of hydrogen-bond acceptors (Lipinski definition) is 1. The summed E-state index contributed by atoms with van der Waals surface area (Å²) in [7, 11) is -2.86. The fourth-order valence-electron chi connectivity index (χ4n) is 11.6. The largest absolute Gasteiger partial charge is 0.455 e. The molecule has 0 aliphatic carbocycles. The maximum absolute atomic E-state index is 6.66. The van der Waals surface area contributed by atoms with Gasteiger partial charge in [0.05, 0.1) is 22.1 Å². The third kappa shape index (κ3) is 6.13. The van der Waals surface area contributed by atoms with Gasteiger partial charge in [-0.1, -0.05) is 206 Å². The van der Waals surface area contributed by atoms with Crippen LogP contribution in [0.3, 0.4) is 0 Å². The highest BCUT2D eigenvalue weighted by atomic mass is 28.3. The van der Waals surface area contributed by atoms with Gasteiger partial charge in [-0.3, -0.25) is 0 Å². The molecule has 14 aromatic rings. The predicted octanol–water partition coefficient (Wildman–Crippen LogP) is 14.5. The zero-order chi connectivity index (χ0) is 46.2. The van der Waals surface area contributed by atoms with E-state index >= 15 is 0 Å². The van der Waals surface area contributed by atoms with Crippen molar-refractivity contribution in [2.24, 2.45) is 0 Å². The smallest absolute Gasteiger partial charge is 0.179 e. The van der Waals surface area contributed by atoms with Crippen molar-refractivity contribution < 1.29 is 4.42 Å². The van der Waals surface area contributed by atoms with E-state index in [0.717, 1.165) is 55.5 Å². The summed E-state index contributed by atoms with van der Waals surface area (Å²) in [4.78, 5) is 0. The fraction of sp³-hybridized carbons (Fsp3) is 0. The predicted molar refractivity (Wildman–Crippen MR) is 297 cm³/mol. The molecule has 0 bridgehead atoms. The van der Waals surface area contributed by atoms with Crippen LogP contribution in [0.15, 0.2) is 271 Å². The third-order valence-electron chi connectivity index (χ3n) is 14.7. The standard InChI is InChI=1S/C66H44N2OSi/c1-5-19-45(20-6-1)46-21-17-22-48(41-46)67-61-33-15-13-29-55(61)59-43-49(36-39-63(59)67)68-62-38-35-47(54-31-18-32-57-56-30-14-16-34-65(56)69-66(54)57)42-58(62)60-44-53(37-40-64(60)68)70(50-23-7-2-8-24-50,51-25-9-3-10-26-51)52-27-11-4-12-28-52/h1-44H. The van der Waals surface area contributed by atoms with E-state index in [1.807, 2.05) is 6.07 Å². The molecule has 0 atom stereocenters. The van der Waals surface area contributed by atoms with Gasteiger partial charge in [-0.2, -0.15) is 0 Å². The fourth-order valence-corrected chi connectivity index (χ4v) is 16.3. The summed E-state index contributed by atoms with van der Waals surface area (Å²) in [6.07, 6.45) is 0. The van der Waals surface area contributed by atoms with Crippen LogP contribution in [0, 0.1) is 0 Å². The van der Waals surface area contributed by atoms with Crippen LogP contribution in [0.25, 0.3) is 99.2 Å². The van der Waals surface area contributed by atoms with Crippen LogP contribution in [0.2, 0.25) is 0 Å². The molecule has 70 heavy (non-hydrogen) atoms. The first-order valence-corrected chi connectivity index (χ1v) is 26.1. The van der Waals surface area contributed by atoms with Crippen molar-refractivity contribution in [2.45, 2.75) is 0 Å². The Hall–Kier alpha value is -8.96. The summed E-state index contributed by atoms with van der Waals surface area (Å²) < 4.78 is 11.6. The molecule has 4 heteroatoms. The molecule has 0 radical (unpaired) electrons. The Kier molecular flexibility index (Phi) is 9.23. The number of para-hydroxylation sites is 3. The van der Waals surface area contributed by atoms with Crippen LogP contribution in [-0.2, 0) is 0 Å². The molecule has 3 nitrogen and oxygen atoms in total. The SMILES string of the molecule is c1ccc(-c2cccc(-n3c4ccccc4c4cc(-n5c6ccc(-c7cccc8c7oc7ccccc78)cc6c6cc([Si](c7ccccc7)(c7ccccc7)c7ccccc7)ccc65)ccc43)c2)cc1. The lowest BCUT2D eigenvalue weighted by molar-refractivity contribution is 0.670. The average Bonchev–Trinajstić information content (AvgIpc) is 4.10. The van der Waals surface area contributed by atoms with Gasteiger partial charge in [0.2, 0.25) is 0 Å². The Labute approximate surface area is 406 Å². The number of fused-ring (bicyclic) bond motifs is 9. The van der Waals surface area contributed by atoms with Gasteiger partial charge >= 0.3 is 0 Å². The highest BCUT2D eigenvalue weighted by molar-refractivity contribution is 7.20. The molecule has 3 aromatic heterocycles. The molecule has 328 valence electrons. The maximum atomic E-state index is 6.66. The Balaban J connectivity index is 1.04. The number of rotatable bonds is 8. The molecule has 0 unspecified atom stereocenters. The molecule has 0 saturated heterocycles. The van der Waals surface area contributed by atoms with E-state index < -0.39 is 8.07 Å². The second-order valence-corrected chi connectivity index (χ2v) is 22.2. The summed E-state index contributed by atoms with van der Waals surface area (Å²) in [5.41, 5.74) is 13.3. The number of benzene rings is 11. The van der Waals surface area contributed by atoms with E-state index in [4.69, 9.17) is 4.42 Å². The van der Waals surface area contributed by atoms with Crippen molar-refractivity contribution in [3.63, 3.8) is 0 Å². The Morgan fingerprint density at radius 2 is 0.771 bits per heavy atom. The van der Waals surface area contributed by atoms with Gasteiger partial charge in [0.15, 0.2) is 8.07 Å². The molecule has 3 heterocycles. The number of nitrogens with zero attached hydrogens (tertiary/aromatic N) is 2. The van der Waals surface area contributed by atoms with Crippen molar-refractivity contribution in [1.29, 1.82) is 0 Å². The highest BCUT2D eigenvalue weighted by Crippen LogP contribution is 2.41. The number of aromatic nitrogens is 2. The second kappa shape index (κ2) is 16.1. The first kappa shape index (κ1) is 40.1. The molecular formula is C66H44N2OSi. The first-order chi connectivity index (χ1) is 34.7. The van der Waals surface area contributed by atoms with Gasteiger partial charge in [0.25, 0.3) is 0 Å². The lowest BCUT2D eigenvalue weighted by Gasteiger charge is -2.34. The quantitative estimate of drug-likeness (QED) is 0.110. The Morgan fingerprint density at radius 3 is 1.47 bits per heavy atom. The molecular weight excluding hydrogens is 865 g/mol. The van der Waals surface area contributed by atoms with E-state index in [-0.39, 0.29) is 0 Å². The lowest BCUT2D eigenvalue weighted by Crippen LogP contribution is -2.74. The van der Waals surface area contributed by atoms with E-state index in [1.54, 1.807) is 0 Å². The lowest BCUT2D eigenvalue weighted by atomic mass is 10.0. The van der Waals surface area contributed by atoms with Crippen molar-refractivity contribution in [2.75, 3.05) is 0 Å². The first-order valence-electron chi connectivity index (χ1n) is 24.1. The number of furan rings is 1. The highest BCUT2D eigenvalue weighted by Gasteiger charge is 2.41. The summed E-state index contributed by atoms with van der Waals surface area (Å²) in [6, 6.07) is 98.3. The van der Waals surface area contributed by atoms with Crippen molar-refractivity contribution in [3.05, 3.63) is 267 Å². The van der Waals surface area contributed by atoms with Crippen molar-refractivity contribution >= 4 is 94.4 Å². The summed E-state index contributed by atoms with van der Waals surface area (Å²) >= 11 is 0. The van der Waals surface area contributed by atoms with E-state index in [1.165, 1.54) is 64.5 Å². The van der Waals surface area contributed by atoms with Crippen LogP contribution < -0.4 is 20.7 Å². The molecule has 0 spiro atoms. The zero-order valence-corrected chi connectivity index (χ0v) is 39.2. The third-order valence-corrected chi connectivity index (χ3v) is 19.4. The van der Waals surface area contributed by atoms with Gasteiger partial charge in [-0.25, -0.2) is 0 Å². The van der Waals surface area contributed by atoms with E-state index in [0.29, 0.717) is 0 Å². The molecule has 0 fully saturated rings. The molecule has 14 rings (SSSR count). The van der Waals surface area contributed by atoms with Gasteiger partial charge in [0, 0.05) is 49.3 Å².